The second-order valence-electron chi connectivity index (χ2n) is 5.23. The fourth-order valence-electron chi connectivity index (χ4n) is 2.49. The first kappa shape index (κ1) is 14.5. The summed E-state index contributed by atoms with van der Waals surface area (Å²) in [6.07, 6.45) is 2.85. The van der Waals surface area contributed by atoms with Gasteiger partial charge in [-0.15, -0.1) is 0 Å². The monoisotopic (exact) mass is 269 g/mol. The van der Waals surface area contributed by atoms with Crippen LogP contribution in [0.4, 0.5) is 5.82 Å². The molecular formula is C17H23N3. The lowest BCUT2D eigenvalue weighted by Gasteiger charge is -2.23. The Bertz CT molecular complexity index is 558. The van der Waals surface area contributed by atoms with Crippen molar-refractivity contribution < 1.29 is 0 Å². The number of benzene rings is 1. The maximum Gasteiger partial charge on any atom is 0.128 e. The van der Waals surface area contributed by atoms with Crippen molar-refractivity contribution in [2.45, 2.75) is 33.2 Å². The largest absolute Gasteiger partial charge is 0.383 e. The van der Waals surface area contributed by atoms with E-state index in [1.165, 1.54) is 16.7 Å². The molecule has 0 amide bonds. The number of aromatic nitrogens is 1. The van der Waals surface area contributed by atoms with Crippen LogP contribution in [0.2, 0.25) is 0 Å². The van der Waals surface area contributed by atoms with Gasteiger partial charge in [0.25, 0.3) is 0 Å². The lowest BCUT2D eigenvalue weighted by atomic mass is 9.94. The highest BCUT2D eigenvalue weighted by Crippen LogP contribution is 2.28. The Kier molecular flexibility index (Phi) is 4.74. The van der Waals surface area contributed by atoms with Crippen molar-refractivity contribution in [1.29, 1.82) is 0 Å². The van der Waals surface area contributed by atoms with Crippen LogP contribution in [0.25, 0.3) is 0 Å². The summed E-state index contributed by atoms with van der Waals surface area (Å²) in [6, 6.07) is 10.7. The van der Waals surface area contributed by atoms with Gasteiger partial charge in [0.1, 0.15) is 5.82 Å². The Morgan fingerprint density at radius 3 is 2.70 bits per heavy atom. The van der Waals surface area contributed by atoms with Gasteiger partial charge in [0.05, 0.1) is 6.04 Å². The van der Waals surface area contributed by atoms with E-state index in [1.54, 1.807) is 6.20 Å². The predicted molar refractivity (Wildman–Crippen MR) is 84.7 cm³/mol. The summed E-state index contributed by atoms with van der Waals surface area (Å²) >= 11 is 0. The number of hydrogen-bond donors (Lipinski definition) is 2. The van der Waals surface area contributed by atoms with Crippen LogP contribution in [0.15, 0.2) is 36.5 Å². The van der Waals surface area contributed by atoms with Crippen LogP contribution >= 0.6 is 0 Å². The van der Waals surface area contributed by atoms with Crippen molar-refractivity contribution in [2.75, 3.05) is 12.3 Å². The summed E-state index contributed by atoms with van der Waals surface area (Å²) in [7, 11) is 0. The Hall–Kier alpha value is -1.87. The van der Waals surface area contributed by atoms with E-state index in [9.17, 15) is 0 Å². The summed E-state index contributed by atoms with van der Waals surface area (Å²) < 4.78 is 0. The normalized spacial score (nSPS) is 12.3. The van der Waals surface area contributed by atoms with Crippen molar-refractivity contribution in [1.82, 2.24) is 10.3 Å². The number of aryl methyl sites for hydroxylation is 2. The highest BCUT2D eigenvalue weighted by atomic mass is 14.9. The number of hydrogen-bond acceptors (Lipinski definition) is 3. The van der Waals surface area contributed by atoms with E-state index in [-0.39, 0.29) is 6.04 Å². The molecule has 1 aromatic heterocycles. The Morgan fingerprint density at radius 2 is 2.05 bits per heavy atom. The number of rotatable bonds is 5. The zero-order chi connectivity index (χ0) is 14.5. The van der Waals surface area contributed by atoms with Gasteiger partial charge in [-0.25, -0.2) is 4.98 Å². The highest BCUT2D eigenvalue weighted by molar-refractivity contribution is 5.50. The number of nitrogens with zero attached hydrogens (tertiary/aromatic N) is 1. The quantitative estimate of drug-likeness (QED) is 0.875. The van der Waals surface area contributed by atoms with Crippen LogP contribution in [0.3, 0.4) is 0 Å². The minimum absolute atomic E-state index is 0.101. The topological polar surface area (TPSA) is 50.9 Å². The molecule has 20 heavy (non-hydrogen) atoms. The average Bonchev–Trinajstić information content (AvgIpc) is 2.42. The number of nitrogens with one attached hydrogen (secondary N) is 1. The zero-order valence-corrected chi connectivity index (χ0v) is 12.5. The molecule has 3 nitrogen and oxygen atoms in total. The van der Waals surface area contributed by atoms with E-state index in [4.69, 9.17) is 5.73 Å². The smallest absolute Gasteiger partial charge is 0.128 e. The van der Waals surface area contributed by atoms with Crippen LogP contribution in [-0.2, 0) is 0 Å². The highest BCUT2D eigenvalue weighted by Gasteiger charge is 2.18. The van der Waals surface area contributed by atoms with Crippen molar-refractivity contribution in [2.24, 2.45) is 0 Å². The molecule has 0 bridgehead atoms. The molecule has 1 heterocycles. The first-order chi connectivity index (χ1) is 9.63. The van der Waals surface area contributed by atoms with Crippen LogP contribution in [-0.4, -0.2) is 11.5 Å². The molecule has 0 saturated heterocycles. The summed E-state index contributed by atoms with van der Waals surface area (Å²) in [5.41, 5.74) is 10.9. The molecule has 1 atom stereocenters. The van der Waals surface area contributed by atoms with Gasteiger partial charge < -0.3 is 11.1 Å². The van der Waals surface area contributed by atoms with Crippen LogP contribution in [0, 0.1) is 13.8 Å². The SMILES string of the molecule is CCCNC(c1cccc(C)c1)c1c(C)ccnc1N. The van der Waals surface area contributed by atoms with Gasteiger partial charge in [-0.05, 0) is 44.0 Å². The van der Waals surface area contributed by atoms with Gasteiger partial charge in [-0.2, -0.15) is 0 Å². The van der Waals surface area contributed by atoms with Crippen molar-refractivity contribution in [3.8, 4) is 0 Å². The lowest BCUT2D eigenvalue weighted by molar-refractivity contribution is 0.596. The third-order valence-corrected chi connectivity index (χ3v) is 3.50. The number of nitrogens with two attached hydrogens (primary N) is 1. The number of anilines is 1. The van der Waals surface area contributed by atoms with Crippen LogP contribution in [0.1, 0.15) is 41.6 Å². The van der Waals surface area contributed by atoms with Gasteiger partial charge >= 0.3 is 0 Å². The molecular weight excluding hydrogens is 246 g/mol. The van der Waals surface area contributed by atoms with Crippen LogP contribution in [0.5, 0.6) is 0 Å². The van der Waals surface area contributed by atoms with E-state index in [0.29, 0.717) is 5.82 Å². The van der Waals surface area contributed by atoms with Crippen LogP contribution < -0.4 is 11.1 Å². The van der Waals surface area contributed by atoms with Gasteiger partial charge in [0.15, 0.2) is 0 Å². The molecule has 0 fully saturated rings. The van der Waals surface area contributed by atoms with Gasteiger partial charge in [-0.3, -0.25) is 0 Å². The molecule has 0 spiro atoms. The molecule has 0 radical (unpaired) electrons. The van der Waals surface area contributed by atoms with Gasteiger partial charge in [-0.1, -0.05) is 36.8 Å². The van der Waals surface area contributed by atoms with Crippen molar-refractivity contribution in [3.63, 3.8) is 0 Å². The second kappa shape index (κ2) is 6.53. The number of nitrogen functional groups attached to an aromatic ring is 1. The molecule has 3 N–H and O–H groups in total. The standard InChI is InChI=1S/C17H23N3/c1-4-9-19-16(14-7-5-6-12(2)11-14)15-13(3)8-10-20-17(15)18/h5-8,10-11,16,19H,4,9H2,1-3H3,(H2,18,20). The van der Waals surface area contributed by atoms with Crippen molar-refractivity contribution in [3.05, 3.63) is 58.8 Å². The fraction of sp³-hybridized carbons (Fsp3) is 0.353. The molecule has 2 aromatic rings. The third-order valence-electron chi connectivity index (χ3n) is 3.50. The molecule has 106 valence electrons. The lowest BCUT2D eigenvalue weighted by Crippen LogP contribution is -2.25. The van der Waals surface area contributed by atoms with E-state index in [2.05, 4.69) is 55.3 Å². The second-order valence-corrected chi connectivity index (χ2v) is 5.23. The summed E-state index contributed by atoms with van der Waals surface area (Å²) in [5.74, 6) is 0.611. The molecule has 0 aliphatic rings. The van der Waals surface area contributed by atoms with E-state index in [1.807, 2.05) is 6.07 Å². The maximum atomic E-state index is 6.12. The Morgan fingerprint density at radius 1 is 1.25 bits per heavy atom. The molecule has 1 unspecified atom stereocenters. The van der Waals surface area contributed by atoms with Gasteiger partial charge in [0, 0.05) is 11.8 Å². The average molecular weight is 269 g/mol. The van der Waals surface area contributed by atoms with Gasteiger partial charge in [0.2, 0.25) is 0 Å². The maximum absolute atomic E-state index is 6.12. The zero-order valence-electron chi connectivity index (χ0n) is 12.5. The summed E-state index contributed by atoms with van der Waals surface area (Å²) in [6.45, 7) is 7.32. The Balaban J connectivity index is 2.47. The van der Waals surface area contributed by atoms with Crippen molar-refractivity contribution >= 4 is 5.82 Å². The molecule has 0 saturated carbocycles. The molecule has 0 aliphatic heterocycles. The third kappa shape index (κ3) is 3.17. The van der Waals surface area contributed by atoms with E-state index in [0.717, 1.165) is 18.5 Å². The van der Waals surface area contributed by atoms with E-state index >= 15 is 0 Å². The predicted octanol–water partition coefficient (Wildman–Crippen LogP) is 3.37. The summed E-state index contributed by atoms with van der Waals surface area (Å²) in [4.78, 5) is 4.25. The Labute approximate surface area is 121 Å². The molecule has 2 rings (SSSR count). The molecule has 3 heteroatoms. The molecule has 0 aliphatic carbocycles. The minimum atomic E-state index is 0.101. The van der Waals surface area contributed by atoms with E-state index < -0.39 is 0 Å². The molecule has 1 aromatic carbocycles. The first-order valence-electron chi connectivity index (χ1n) is 7.14. The fourth-order valence-corrected chi connectivity index (χ4v) is 2.49. The first-order valence-corrected chi connectivity index (χ1v) is 7.14. The summed E-state index contributed by atoms with van der Waals surface area (Å²) in [5, 5.41) is 3.59. The number of pyridine rings is 1. The minimum Gasteiger partial charge on any atom is -0.383 e.